The van der Waals surface area contributed by atoms with Crippen LogP contribution in [0.1, 0.15) is 62.5 Å². The lowest BCUT2D eigenvalue weighted by atomic mass is 9.82. The lowest BCUT2D eigenvalue weighted by molar-refractivity contribution is -0.124. The summed E-state index contributed by atoms with van der Waals surface area (Å²) in [6.45, 7) is 6.06. The molecule has 0 saturated heterocycles. The SMILES string of the molecule is CC(C)N(c1cc(-c2ccc(NC(=O)C3CC=CO3)s2)sc1C(=O)O)C(=O)[C@H]1CC[C@H](C)CC1. The lowest BCUT2D eigenvalue weighted by Gasteiger charge is -2.33. The second-order valence-electron chi connectivity index (χ2n) is 9.27. The minimum absolute atomic E-state index is 0.0121. The van der Waals surface area contributed by atoms with E-state index in [1.54, 1.807) is 23.1 Å². The smallest absolute Gasteiger partial charge is 0.348 e. The highest BCUT2D eigenvalue weighted by Crippen LogP contribution is 2.42. The maximum Gasteiger partial charge on any atom is 0.348 e. The van der Waals surface area contributed by atoms with E-state index in [0.717, 1.165) is 46.8 Å². The monoisotopic (exact) mass is 502 g/mol. The summed E-state index contributed by atoms with van der Waals surface area (Å²) in [5.41, 5.74) is 0.454. The first-order valence-corrected chi connectivity index (χ1v) is 13.3. The fourth-order valence-corrected chi connectivity index (χ4v) is 6.46. The van der Waals surface area contributed by atoms with Crippen LogP contribution in [0.5, 0.6) is 0 Å². The van der Waals surface area contributed by atoms with Crippen LogP contribution < -0.4 is 10.2 Å². The molecule has 1 unspecified atom stereocenters. The summed E-state index contributed by atoms with van der Waals surface area (Å²) in [7, 11) is 0. The Kier molecular flexibility index (Phi) is 7.42. The zero-order valence-corrected chi connectivity index (χ0v) is 21.2. The van der Waals surface area contributed by atoms with E-state index in [-0.39, 0.29) is 28.7 Å². The Bertz CT molecular complexity index is 1090. The highest BCUT2D eigenvalue weighted by Gasteiger charge is 2.33. The molecule has 2 N–H and O–H groups in total. The molecule has 0 aromatic carbocycles. The molecule has 2 aromatic rings. The predicted molar refractivity (Wildman–Crippen MR) is 136 cm³/mol. The molecule has 2 aromatic heterocycles. The molecule has 1 aliphatic carbocycles. The number of carboxylic acids is 1. The van der Waals surface area contributed by atoms with Crippen LogP contribution >= 0.6 is 22.7 Å². The molecule has 182 valence electrons. The molecule has 0 spiro atoms. The molecular weight excluding hydrogens is 472 g/mol. The first-order chi connectivity index (χ1) is 16.2. The average molecular weight is 503 g/mol. The number of ether oxygens (including phenoxy) is 1. The highest BCUT2D eigenvalue weighted by molar-refractivity contribution is 7.25. The number of hydrogen-bond acceptors (Lipinski definition) is 6. The van der Waals surface area contributed by atoms with E-state index in [9.17, 15) is 19.5 Å². The van der Waals surface area contributed by atoms with Crippen LogP contribution in [-0.2, 0) is 14.3 Å². The molecule has 9 heteroatoms. The zero-order chi connectivity index (χ0) is 24.4. The van der Waals surface area contributed by atoms with Crippen molar-refractivity contribution in [2.45, 2.75) is 65.0 Å². The lowest BCUT2D eigenvalue weighted by Crippen LogP contribution is -2.42. The van der Waals surface area contributed by atoms with Gasteiger partial charge in [-0.25, -0.2) is 4.79 Å². The molecule has 0 bridgehead atoms. The molecule has 7 nitrogen and oxygen atoms in total. The normalized spacial score (nSPS) is 21.9. The summed E-state index contributed by atoms with van der Waals surface area (Å²) in [5, 5.41) is 13.5. The molecule has 1 atom stereocenters. The number of anilines is 2. The number of carbonyl (C=O) groups excluding carboxylic acids is 2. The molecule has 1 saturated carbocycles. The van der Waals surface area contributed by atoms with E-state index in [2.05, 4.69) is 12.2 Å². The summed E-state index contributed by atoms with van der Waals surface area (Å²) in [5.74, 6) is -0.686. The largest absolute Gasteiger partial charge is 0.488 e. The molecule has 4 rings (SSSR count). The van der Waals surface area contributed by atoms with Crippen molar-refractivity contribution in [1.29, 1.82) is 0 Å². The molecule has 1 fully saturated rings. The van der Waals surface area contributed by atoms with E-state index >= 15 is 0 Å². The van der Waals surface area contributed by atoms with Gasteiger partial charge in [-0.3, -0.25) is 9.59 Å². The number of nitrogens with zero attached hydrogens (tertiary/aromatic N) is 1. The van der Waals surface area contributed by atoms with Gasteiger partial charge in [-0.1, -0.05) is 6.92 Å². The summed E-state index contributed by atoms with van der Waals surface area (Å²) >= 11 is 2.53. The van der Waals surface area contributed by atoms with Crippen molar-refractivity contribution in [2.75, 3.05) is 10.2 Å². The number of thiophene rings is 2. The van der Waals surface area contributed by atoms with E-state index in [0.29, 0.717) is 23.0 Å². The van der Waals surface area contributed by atoms with Crippen LogP contribution in [0.2, 0.25) is 0 Å². The Hall–Kier alpha value is -2.65. The summed E-state index contributed by atoms with van der Waals surface area (Å²) in [4.78, 5) is 41.4. The summed E-state index contributed by atoms with van der Waals surface area (Å²) in [6, 6.07) is 5.30. The fourth-order valence-electron chi connectivity index (χ4n) is 4.48. The quantitative estimate of drug-likeness (QED) is 0.485. The van der Waals surface area contributed by atoms with Crippen molar-refractivity contribution in [3.05, 3.63) is 35.4 Å². The molecule has 0 radical (unpaired) electrons. The molecular formula is C25H30N2O5S2. The fraction of sp³-hybridized carbons (Fsp3) is 0.480. The first-order valence-electron chi connectivity index (χ1n) is 11.7. The van der Waals surface area contributed by atoms with Crippen LogP contribution in [0, 0.1) is 11.8 Å². The van der Waals surface area contributed by atoms with Crippen molar-refractivity contribution in [3.8, 4) is 9.75 Å². The van der Waals surface area contributed by atoms with Gasteiger partial charge in [-0.2, -0.15) is 0 Å². The van der Waals surface area contributed by atoms with Gasteiger partial charge in [0.25, 0.3) is 5.91 Å². The number of hydrogen-bond donors (Lipinski definition) is 2. The highest BCUT2D eigenvalue weighted by atomic mass is 32.1. The van der Waals surface area contributed by atoms with Crippen LogP contribution in [0.25, 0.3) is 9.75 Å². The van der Waals surface area contributed by atoms with Gasteiger partial charge >= 0.3 is 5.97 Å². The summed E-state index contributed by atoms with van der Waals surface area (Å²) in [6.07, 6.45) is 7.09. The molecule has 3 heterocycles. The molecule has 2 amide bonds. The third-order valence-electron chi connectivity index (χ3n) is 6.36. The third kappa shape index (κ3) is 5.20. The van der Waals surface area contributed by atoms with Crippen LogP contribution in [0.15, 0.2) is 30.5 Å². The predicted octanol–water partition coefficient (Wildman–Crippen LogP) is 5.98. The maximum absolute atomic E-state index is 13.5. The van der Waals surface area contributed by atoms with Crippen molar-refractivity contribution in [3.63, 3.8) is 0 Å². The number of amides is 2. The van der Waals surface area contributed by atoms with E-state index in [1.165, 1.54) is 17.6 Å². The van der Waals surface area contributed by atoms with Gasteiger partial charge in [0, 0.05) is 28.1 Å². The zero-order valence-electron chi connectivity index (χ0n) is 19.6. The van der Waals surface area contributed by atoms with E-state index in [1.807, 2.05) is 19.9 Å². The van der Waals surface area contributed by atoms with Gasteiger partial charge in [-0.05, 0) is 69.7 Å². The van der Waals surface area contributed by atoms with E-state index in [4.69, 9.17) is 4.74 Å². The van der Waals surface area contributed by atoms with Crippen LogP contribution in [0.4, 0.5) is 10.7 Å². The number of aromatic carboxylic acids is 1. The first kappa shape index (κ1) is 24.5. The maximum atomic E-state index is 13.5. The summed E-state index contributed by atoms with van der Waals surface area (Å²) < 4.78 is 5.26. The Morgan fingerprint density at radius 1 is 1.12 bits per heavy atom. The van der Waals surface area contributed by atoms with Gasteiger partial charge in [0.05, 0.1) is 17.0 Å². The van der Waals surface area contributed by atoms with E-state index < -0.39 is 12.1 Å². The Morgan fingerprint density at radius 2 is 1.85 bits per heavy atom. The molecule has 1 aliphatic heterocycles. The van der Waals surface area contributed by atoms with Crippen molar-refractivity contribution < 1.29 is 24.2 Å². The third-order valence-corrected chi connectivity index (χ3v) is 8.67. The van der Waals surface area contributed by atoms with Crippen LogP contribution in [0.3, 0.4) is 0 Å². The van der Waals surface area contributed by atoms with Gasteiger partial charge < -0.3 is 20.1 Å². The second-order valence-corrected chi connectivity index (χ2v) is 11.4. The number of nitrogens with one attached hydrogen (secondary N) is 1. The van der Waals surface area contributed by atoms with Gasteiger partial charge in [-0.15, -0.1) is 22.7 Å². The Morgan fingerprint density at radius 3 is 2.47 bits per heavy atom. The number of carboxylic acid groups (broad SMARTS) is 1. The minimum atomic E-state index is -1.04. The second kappa shape index (κ2) is 10.3. The van der Waals surface area contributed by atoms with Gasteiger partial charge in [0.2, 0.25) is 5.91 Å². The average Bonchev–Trinajstić information content (AvgIpc) is 3.55. The van der Waals surface area contributed by atoms with Crippen molar-refractivity contribution in [2.24, 2.45) is 11.8 Å². The minimum Gasteiger partial charge on any atom is -0.488 e. The van der Waals surface area contributed by atoms with Crippen LogP contribution in [-0.4, -0.2) is 35.0 Å². The number of rotatable bonds is 7. The number of carbonyl (C=O) groups is 3. The Labute approximate surface area is 207 Å². The van der Waals surface area contributed by atoms with Crippen molar-refractivity contribution >= 4 is 51.1 Å². The molecule has 2 aliphatic rings. The van der Waals surface area contributed by atoms with Crippen molar-refractivity contribution in [1.82, 2.24) is 0 Å². The molecule has 34 heavy (non-hydrogen) atoms. The van der Waals surface area contributed by atoms with Gasteiger partial charge in [0.15, 0.2) is 6.10 Å². The van der Waals surface area contributed by atoms with Gasteiger partial charge in [0.1, 0.15) is 4.88 Å². The topological polar surface area (TPSA) is 95.9 Å². The standard InChI is InChI=1S/C25H30N2O5S2/c1-14(2)27(24(29)16-8-6-15(3)7-9-16)17-13-20(34-22(17)25(30)31)19-10-11-21(33-19)26-23(28)18-5-4-12-32-18/h4,10-16,18H,5-9H2,1-3H3,(H,26,28)(H,30,31)/t15-,16-,18?. The Balaban J connectivity index is 1.58.